The lowest BCUT2D eigenvalue weighted by atomic mass is 10.2. The van der Waals surface area contributed by atoms with Gasteiger partial charge < -0.3 is 20.7 Å². The average Bonchev–Trinajstić information content (AvgIpc) is 3.11. The molecule has 1 saturated heterocycles. The van der Waals surface area contributed by atoms with E-state index in [-0.39, 0.29) is 12.1 Å². The second kappa shape index (κ2) is 6.18. The van der Waals surface area contributed by atoms with Crippen molar-refractivity contribution in [2.75, 3.05) is 24.1 Å². The molecule has 3 heterocycles. The molecule has 8 heteroatoms. The Hall–Kier alpha value is -2.51. The van der Waals surface area contributed by atoms with Gasteiger partial charge in [0.15, 0.2) is 5.65 Å². The van der Waals surface area contributed by atoms with Crippen LogP contribution >= 0.6 is 0 Å². The lowest BCUT2D eigenvalue weighted by Gasteiger charge is -2.28. The van der Waals surface area contributed by atoms with Crippen LogP contribution in [-0.2, 0) is 4.74 Å². The molecule has 2 aromatic rings. The average molecular weight is 332 g/mol. The Labute approximate surface area is 141 Å². The van der Waals surface area contributed by atoms with E-state index in [2.05, 4.69) is 15.4 Å². The van der Waals surface area contributed by atoms with Crippen LogP contribution in [0.2, 0.25) is 0 Å². The lowest BCUT2D eigenvalue weighted by molar-refractivity contribution is 0.0235. The molecule has 3 N–H and O–H groups in total. The fourth-order valence-corrected chi connectivity index (χ4v) is 2.82. The third-order valence-electron chi connectivity index (χ3n) is 3.91. The van der Waals surface area contributed by atoms with Crippen LogP contribution in [0.3, 0.4) is 0 Å². The number of fused-ring (bicyclic) bond motifs is 1. The molecule has 1 amide bonds. The minimum absolute atomic E-state index is 0.0949. The van der Waals surface area contributed by atoms with E-state index in [4.69, 9.17) is 10.5 Å². The first-order chi connectivity index (χ1) is 11.3. The van der Waals surface area contributed by atoms with Crippen molar-refractivity contribution in [3.05, 3.63) is 18.3 Å². The smallest absolute Gasteiger partial charge is 0.410 e. The molecule has 1 aliphatic rings. The quantitative estimate of drug-likeness (QED) is 0.893. The Morgan fingerprint density at radius 2 is 2.25 bits per heavy atom. The number of carbonyl (C=O) groups excluding carboxylic acids is 1. The predicted octanol–water partition coefficient (Wildman–Crippen LogP) is 2.12. The summed E-state index contributed by atoms with van der Waals surface area (Å²) in [5.74, 6) is 1.19. The summed E-state index contributed by atoms with van der Waals surface area (Å²) in [7, 11) is 0. The predicted molar refractivity (Wildman–Crippen MR) is 91.9 cm³/mol. The minimum atomic E-state index is -0.483. The van der Waals surface area contributed by atoms with Crippen LogP contribution in [0.25, 0.3) is 5.65 Å². The van der Waals surface area contributed by atoms with Crippen molar-refractivity contribution in [3.63, 3.8) is 0 Å². The van der Waals surface area contributed by atoms with Crippen LogP contribution in [0.5, 0.6) is 0 Å². The third kappa shape index (κ3) is 3.52. The molecule has 0 spiro atoms. The highest BCUT2D eigenvalue weighted by molar-refractivity contribution is 5.69. The molecule has 3 rings (SSSR count). The number of nitrogens with two attached hydrogens (primary N) is 1. The van der Waals surface area contributed by atoms with E-state index in [0.29, 0.717) is 23.8 Å². The Morgan fingerprint density at radius 1 is 1.46 bits per heavy atom. The zero-order valence-electron chi connectivity index (χ0n) is 14.3. The van der Waals surface area contributed by atoms with Gasteiger partial charge in [-0.1, -0.05) is 0 Å². The summed E-state index contributed by atoms with van der Waals surface area (Å²) >= 11 is 0. The summed E-state index contributed by atoms with van der Waals surface area (Å²) in [6, 6.07) is 3.80. The van der Waals surface area contributed by atoms with Crippen LogP contribution in [-0.4, -0.2) is 50.3 Å². The van der Waals surface area contributed by atoms with E-state index in [1.165, 1.54) is 0 Å². The fourth-order valence-electron chi connectivity index (χ4n) is 2.82. The van der Waals surface area contributed by atoms with E-state index < -0.39 is 5.60 Å². The number of likely N-dealkylation sites (tertiary alicyclic amines) is 1. The first-order valence-electron chi connectivity index (χ1n) is 8.17. The number of nitrogens with one attached hydrogen (secondary N) is 1. The number of carbonyl (C=O) groups is 1. The van der Waals surface area contributed by atoms with Crippen molar-refractivity contribution in [2.24, 2.45) is 0 Å². The first kappa shape index (κ1) is 16.4. The number of amides is 1. The van der Waals surface area contributed by atoms with Crippen molar-refractivity contribution >= 4 is 23.4 Å². The van der Waals surface area contributed by atoms with E-state index >= 15 is 0 Å². The van der Waals surface area contributed by atoms with Gasteiger partial charge in [-0.2, -0.15) is 4.52 Å². The fraction of sp³-hybridized carbons (Fsp3) is 0.562. The topological polar surface area (TPSA) is 97.8 Å². The van der Waals surface area contributed by atoms with Gasteiger partial charge in [-0.05, 0) is 45.7 Å². The summed E-state index contributed by atoms with van der Waals surface area (Å²) < 4.78 is 7.07. The molecule has 130 valence electrons. The maximum atomic E-state index is 12.3. The second-order valence-corrected chi connectivity index (χ2v) is 7.02. The Bertz CT molecular complexity index is 736. The highest BCUT2D eigenvalue weighted by Gasteiger charge is 2.31. The number of hydrogen-bond donors (Lipinski definition) is 2. The summed E-state index contributed by atoms with van der Waals surface area (Å²) in [5.41, 5.74) is 6.04. The van der Waals surface area contributed by atoms with Gasteiger partial charge in [0.1, 0.15) is 17.2 Å². The zero-order chi connectivity index (χ0) is 17.3. The van der Waals surface area contributed by atoms with Gasteiger partial charge in [0.25, 0.3) is 0 Å². The number of hydrogen-bond acceptors (Lipinski definition) is 6. The molecular weight excluding hydrogens is 308 g/mol. The van der Waals surface area contributed by atoms with Gasteiger partial charge >= 0.3 is 6.09 Å². The van der Waals surface area contributed by atoms with Crippen molar-refractivity contribution in [2.45, 2.75) is 45.3 Å². The van der Waals surface area contributed by atoms with E-state index in [1.807, 2.05) is 32.9 Å². The highest BCUT2D eigenvalue weighted by atomic mass is 16.6. The van der Waals surface area contributed by atoms with Gasteiger partial charge in [-0.3, -0.25) is 0 Å². The monoisotopic (exact) mass is 332 g/mol. The van der Waals surface area contributed by atoms with Crippen LogP contribution in [0.15, 0.2) is 18.3 Å². The summed E-state index contributed by atoms with van der Waals surface area (Å²) in [4.78, 5) is 18.2. The van der Waals surface area contributed by atoms with Crippen LogP contribution in [0.1, 0.15) is 33.6 Å². The first-order valence-corrected chi connectivity index (χ1v) is 8.17. The van der Waals surface area contributed by atoms with Crippen molar-refractivity contribution in [3.8, 4) is 0 Å². The SMILES string of the molecule is CC(C)(C)OC(=O)N1CCCC1CNc1ccc2ncc(N)n2n1. The molecule has 24 heavy (non-hydrogen) atoms. The third-order valence-corrected chi connectivity index (χ3v) is 3.91. The van der Waals surface area contributed by atoms with Gasteiger partial charge in [0, 0.05) is 13.1 Å². The number of imidazole rings is 1. The van der Waals surface area contributed by atoms with Crippen LogP contribution < -0.4 is 11.1 Å². The number of nitrogens with zero attached hydrogens (tertiary/aromatic N) is 4. The normalized spacial score (nSPS) is 18.1. The minimum Gasteiger partial charge on any atom is -0.444 e. The number of ether oxygens (including phenoxy) is 1. The lowest BCUT2D eigenvalue weighted by Crippen LogP contribution is -2.42. The molecule has 0 saturated carbocycles. The maximum Gasteiger partial charge on any atom is 0.410 e. The van der Waals surface area contributed by atoms with E-state index in [0.717, 1.165) is 19.4 Å². The molecule has 8 nitrogen and oxygen atoms in total. The molecule has 0 aliphatic carbocycles. The second-order valence-electron chi connectivity index (χ2n) is 7.02. The van der Waals surface area contributed by atoms with Crippen molar-refractivity contribution in [1.29, 1.82) is 0 Å². The Morgan fingerprint density at radius 3 is 3.00 bits per heavy atom. The zero-order valence-corrected chi connectivity index (χ0v) is 14.3. The molecule has 1 aliphatic heterocycles. The van der Waals surface area contributed by atoms with Crippen LogP contribution in [0, 0.1) is 0 Å². The number of aromatic nitrogens is 3. The van der Waals surface area contributed by atoms with Gasteiger partial charge in [-0.15, -0.1) is 5.10 Å². The van der Waals surface area contributed by atoms with E-state index in [9.17, 15) is 4.79 Å². The molecule has 2 aromatic heterocycles. The molecular formula is C16H24N6O2. The van der Waals surface area contributed by atoms with E-state index in [1.54, 1.807) is 15.6 Å². The summed E-state index contributed by atoms with van der Waals surface area (Å²) in [6.45, 7) is 6.98. The Balaban J connectivity index is 1.64. The van der Waals surface area contributed by atoms with Crippen LogP contribution in [0.4, 0.5) is 16.4 Å². The molecule has 1 fully saturated rings. The molecule has 0 bridgehead atoms. The molecule has 0 radical (unpaired) electrons. The number of nitrogen functional groups attached to an aromatic ring is 1. The molecule has 1 atom stereocenters. The maximum absolute atomic E-state index is 12.3. The standard InChI is InChI=1S/C16H24N6O2/c1-16(2,3)24-15(23)21-8-4-5-11(21)9-18-13-6-7-14-19-10-12(17)22(14)20-13/h6-7,10-11H,4-5,8-9,17H2,1-3H3,(H,18,20). The number of anilines is 2. The number of rotatable bonds is 3. The van der Waals surface area contributed by atoms with Gasteiger partial charge in [0.2, 0.25) is 0 Å². The largest absolute Gasteiger partial charge is 0.444 e. The summed E-state index contributed by atoms with van der Waals surface area (Å²) in [6.07, 6.45) is 3.25. The van der Waals surface area contributed by atoms with Gasteiger partial charge in [0.05, 0.1) is 12.2 Å². The van der Waals surface area contributed by atoms with Crippen molar-refractivity contribution in [1.82, 2.24) is 19.5 Å². The van der Waals surface area contributed by atoms with Crippen molar-refractivity contribution < 1.29 is 9.53 Å². The molecule has 1 unspecified atom stereocenters. The Kier molecular flexibility index (Phi) is 4.21. The van der Waals surface area contributed by atoms with Gasteiger partial charge in [-0.25, -0.2) is 9.78 Å². The highest BCUT2D eigenvalue weighted by Crippen LogP contribution is 2.21. The molecule has 0 aromatic carbocycles. The summed E-state index contributed by atoms with van der Waals surface area (Å²) in [5, 5.41) is 7.69.